The minimum absolute atomic E-state index is 0.0803. The van der Waals surface area contributed by atoms with Crippen molar-refractivity contribution >= 4 is 10.2 Å². The Kier molecular flexibility index (Phi) is 4.53. The van der Waals surface area contributed by atoms with Crippen LogP contribution in [0.2, 0.25) is 0 Å². The average molecular weight is 340 g/mol. The quantitative estimate of drug-likeness (QED) is 0.791. The number of benzene rings is 1. The Balaban J connectivity index is 1.72. The lowest BCUT2D eigenvalue weighted by Gasteiger charge is -2.35. The first-order valence-electron chi connectivity index (χ1n) is 7.91. The number of fused-ring (bicyclic) bond motifs is 2. The van der Waals surface area contributed by atoms with Gasteiger partial charge in [-0.1, -0.05) is 0 Å². The first kappa shape index (κ1) is 16.5. The largest absolute Gasteiger partial charge is 0.497 e. The van der Waals surface area contributed by atoms with E-state index in [2.05, 4.69) is 0 Å². The van der Waals surface area contributed by atoms with Crippen LogP contribution in [0.4, 0.5) is 0 Å². The van der Waals surface area contributed by atoms with Crippen LogP contribution in [0.1, 0.15) is 19.3 Å². The maximum Gasteiger partial charge on any atom is 0.282 e. The smallest absolute Gasteiger partial charge is 0.282 e. The number of nitrogens with zero attached hydrogens (tertiary/aromatic N) is 2. The fourth-order valence-corrected chi connectivity index (χ4v) is 5.18. The van der Waals surface area contributed by atoms with Crippen LogP contribution in [0.25, 0.3) is 0 Å². The molecule has 1 aliphatic carbocycles. The molecule has 0 amide bonds. The molecule has 6 nitrogen and oxygen atoms in total. The standard InChI is InChI=1S/C16H24N2O4S/c1-17(2)23(19,20)18-13-5-4-12(10-13)16(18)11-22-15-8-6-14(21-3)7-9-15/h6-9,12-13,16H,4-5,10-11H2,1-3H3/t12?,13?,16-/m1/s1. The molecule has 2 aliphatic rings. The van der Waals surface area contributed by atoms with Crippen molar-refractivity contribution in [2.75, 3.05) is 27.8 Å². The van der Waals surface area contributed by atoms with Crippen LogP contribution in [0.3, 0.4) is 0 Å². The first-order chi connectivity index (χ1) is 10.9. The summed E-state index contributed by atoms with van der Waals surface area (Å²) >= 11 is 0. The molecule has 0 spiro atoms. The molecule has 1 heterocycles. The van der Waals surface area contributed by atoms with Crippen LogP contribution in [0.15, 0.2) is 24.3 Å². The first-order valence-corrected chi connectivity index (χ1v) is 9.31. The zero-order valence-electron chi connectivity index (χ0n) is 13.8. The predicted octanol–water partition coefficient (Wildman–Crippen LogP) is 1.73. The van der Waals surface area contributed by atoms with Crippen molar-refractivity contribution in [2.45, 2.75) is 31.3 Å². The van der Waals surface area contributed by atoms with E-state index in [1.807, 2.05) is 24.3 Å². The summed E-state index contributed by atoms with van der Waals surface area (Å²) in [4.78, 5) is 0. The van der Waals surface area contributed by atoms with Gasteiger partial charge in [-0.25, -0.2) is 0 Å². The molecule has 1 aromatic rings. The molecule has 1 saturated carbocycles. The second-order valence-corrected chi connectivity index (χ2v) is 8.45. The molecule has 0 N–H and O–H groups in total. The maximum atomic E-state index is 12.6. The lowest BCUT2D eigenvalue weighted by Crippen LogP contribution is -2.51. The molecule has 1 aromatic carbocycles. The Labute approximate surface area is 138 Å². The highest BCUT2D eigenvalue weighted by Crippen LogP contribution is 2.44. The molecule has 0 aromatic heterocycles. The Morgan fingerprint density at radius 2 is 1.83 bits per heavy atom. The SMILES string of the molecule is COc1ccc(OC[C@@H]2C3CCC(C3)N2S(=O)(=O)N(C)C)cc1. The minimum atomic E-state index is -3.41. The summed E-state index contributed by atoms with van der Waals surface area (Å²) in [5, 5.41) is 0. The van der Waals surface area contributed by atoms with Crippen molar-refractivity contribution in [3.05, 3.63) is 24.3 Å². The molecule has 128 valence electrons. The van der Waals surface area contributed by atoms with Crippen molar-refractivity contribution in [1.29, 1.82) is 0 Å². The fraction of sp³-hybridized carbons (Fsp3) is 0.625. The maximum absolute atomic E-state index is 12.6. The van der Waals surface area contributed by atoms with E-state index in [0.29, 0.717) is 12.5 Å². The molecular formula is C16H24N2O4S. The molecule has 1 aliphatic heterocycles. The highest BCUT2D eigenvalue weighted by molar-refractivity contribution is 7.86. The van der Waals surface area contributed by atoms with Crippen LogP contribution in [-0.2, 0) is 10.2 Å². The third-order valence-corrected chi connectivity index (χ3v) is 6.91. The topological polar surface area (TPSA) is 59.1 Å². The average Bonchev–Trinajstić information content (AvgIpc) is 3.14. The second-order valence-electron chi connectivity index (χ2n) is 6.40. The van der Waals surface area contributed by atoms with Gasteiger partial charge in [-0.05, 0) is 49.4 Å². The highest BCUT2D eigenvalue weighted by atomic mass is 32.2. The summed E-state index contributed by atoms with van der Waals surface area (Å²) in [5.74, 6) is 1.90. The molecule has 2 fully saturated rings. The van der Waals surface area contributed by atoms with Gasteiger partial charge in [0.1, 0.15) is 18.1 Å². The number of ether oxygens (including phenoxy) is 2. The van der Waals surface area contributed by atoms with Crippen molar-refractivity contribution < 1.29 is 17.9 Å². The predicted molar refractivity (Wildman–Crippen MR) is 87.9 cm³/mol. The van der Waals surface area contributed by atoms with E-state index in [4.69, 9.17) is 9.47 Å². The molecule has 7 heteroatoms. The molecular weight excluding hydrogens is 316 g/mol. The molecule has 23 heavy (non-hydrogen) atoms. The van der Waals surface area contributed by atoms with Crippen LogP contribution < -0.4 is 9.47 Å². The van der Waals surface area contributed by atoms with Gasteiger partial charge >= 0.3 is 0 Å². The van der Waals surface area contributed by atoms with Crippen LogP contribution in [0.5, 0.6) is 11.5 Å². The van der Waals surface area contributed by atoms with Crippen molar-refractivity contribution in [3.63, 3.8) is 0 Å². The van der Waals surface area contributed by atoms with E-state index in [1.165, 1.54) is 4.31 Å². The number of methoxy groups -OCH3 is 1. The molecule has 0 radical (unpaired) electrons. The number of rotatable bonds is 6. The van der Waals surface area contributed by atoms with E-state index in [0.717, 1.165) is 30.8 Å². The van der Waals surface area contributed by atoms with Crippen LogP contribution in [0, 0.1) is 5.92 Å². The summed E-state index contributed by atoms with van der Waals surface area (Å²) in [6.45, 7) is 0.389. The lowest BCUT2D eigenvalue weighted by molar-refractivity contribution is 0.157. The van der Waals surface area contributed by atoms with Crippen molar-refractivity contribution in [1.82, 2.24) is 8.61 Å². The summed E-state index contributed by atoms with van der Waals surface area (Å²) in [6.07, 6.45) is 2.99. The summed E-state index contributed by atoms with van der Waals surface area (Å²) in [7, 11) is 1.39. The minimum Gasteiger partial charge on any atom is -0.497 e. The Bertz CT molecular complexity index is 645. The van der Waals surface area contributed by atoms with Gasteiger partial charge in [0.2, 0.25) is 0 Å². The summed E-state index contributed by atoms with van der Waals surface area (Å²) in [5.41, 5.74) is 0. The Hall–Kier alpha value is -1.31. The highest BCUT2D eigenvalue weighted by Gasteiger charge is 2.51. The van der Waals surface area contributed by atoms with E-state index in [1.54, 1.807) is 25.5 Å². The van der Waals surface area contributed by atoms with Gasteiger partial charge < -0.3 is 9.47 Å². The van der Waals surface area contributed by atoms with Gasteiger partial charge in [-0.15, -0.1) is 0 Å². The normalized spacial score (nSPS) is 27.6. The van der Waals surface area contributed by atoms with E-state index >= 15 is 0 Å². The summed E-state index contributed by atoms with van der Waals surface area (Å²) < 4.78 is 39.2. The Morgan fingerprint density at radius 3 is 2.43 bits per heavy atom. The molecule has 2 unspecified atom stereocenters. The molecule has 3 atom stereocenters. The van der Waals surface area contributed by atoms with Gasteiger partial charge in [0, 0.05) is 20.1 Å². The van der Waals surface area contributed by atoms with Crippen LogP contribution >= 0.6 is 0 Å². The lowest BCUT2D eigenvalue weighted by atomic mass is 10.0. The molecule has 2 bridgehead atoms. The van der Waals surface area contributed by atoms with Gasteiger partial charge in [-0.3, -0.25) is 0 Å². The van der Waals surface area contributed by atoms with Gasteiger partial charge in [0.25, 0.3) is 10.2 Å². The number of hydrogen-bond donors (Lipinski definition) is 0. The fourth-order valence-electron chi connectivity index (χ4n) is 3.66. The van der Waals surface area contributed by atoms with Gasteiger partial charge in [0.15, 0.2) is 0 Å². The number of piperidine rings is 1. The zero-order chi connectivity index (χ0) is 16.6. The third-order valence-electron chi connectivity index (χ3n) is 4.88. The number of hydrogen-bond acceptors (Lipinski definition) is 4. The van der Waals surface area contributed by atoms with Crippen molar-refractivity contribution in [3.8, 4) is 11.5 Å². The molecule has 1 saturated heterocycles. The monoisotopic (exact) mass is 340 g/mol. The molecule has 3 rings (SSSR count). The summed E-state index contributed by atoms with van der Waals surface area (Å²) in [6, 6.07) is 7.41. The van der Waals surface area contributed by atoms with Crippen molar-refractivity contribution in [2.24, 2.45) is 5.92 Å². The zero-order valence-corrected chi connectivity index (χ0v) is 14.6. The van der Waals surface area contributed by atoms with E-state index < -0.39 is 10.2 Å². The third kappa shape index (κ3) is 3.05. The van der Waals surface area contributed by atoms with E-state index in [9.17, 15) is 8.42 Å². The Morgan fingerprint density at radius 1 is 1.17 bits per heavy atom. The van der Waals surface area contributed by atoms with Gasteiger partial charge in [-0.2, -0.15) is 17.0 Å². The van der Waals surface area contributed by atoms with Gasteiger partial charge in [0.05, 0.1) is 13.2 Å². The van der Waals surface area contributed by atoms with Crippen LogP contribution in [-0.4, -0.2) is 56.9 Å². The van der Waals surface area contributed by atoms with E-state index in [-0.39, 0.29) is 12.1 Å². The second kappa shape index (κ2) is 6.30.